The van der Waals surface area contributed by atoms with Gasteiger partial charge in [0.1, 0.15) is 24.2 Å². The SMILES string of the molecule is O=C(NOCC(O)CO)c1c(NC2CC=C(I)C=C2F)c2cnccc2n1C1CC1. The van der Waals surface area contributed by atoms with Crippen molar-refractivity contribution in [2.45, 2.75) is 37.5 Å². The van der Waals surface area contributed by atoms with Gasteiger partial charge in [-0.1, -0.05) is 6.08 Å². The average molecular weight is 528 g/mol. The number of aliphatic hydroxyl groups is 2. The number of amides is 1. The highest BCUT2D eigenvalue weighted by Gasteiger charge is 2.34. The molecule has 2 aliphatic rings. The van der Waals surface area contributed by atoms with Crippen LogP contribution in [0.1, 0.15) is 35.8 Å². The molecule has 10 heteroatoms. The first-order valence-corrected chi connectivity index (χ1v) is 10.8. The minimum absolute atomic E-state index is 0.168. The van der Waals surface area contributed by atoms with E-state index in [0.29, 0.717) is 17.8 Å². The topological polar surface area (TPSA) is 109 Å². The van der Waals surface area contributed by atoms with Crippen molar-refractivity contribution in [1.29, 1.82) is 0 Å². The molecule has 0 aromatic carbocycles. The van der Waals surface area contributed by atoms with Gasteiger partial charge in [-0.25, -0.2) is 9.87 Å². The lowest BCUT2D eigenvalue weighted by atomic mass is 10.1. The van der Waals surface area contributed by atoms with Crippen LogP contribution in [0.15, 0.2) is 40.0 Å². The summed E-state index contributed by atoms with van der Waals surface area (Å²) in [7, 11) is 0. The Labute approximate surface area is 185 Å². The number of nitrogens with one attached hydrogen (secondary N) is 2. The van der Waals surface area contributed by atoms with E-state index in [2.05, 4.69) is 38.4 Å². The van der Waals surface area contributed by atoms with Gasteiger partial charge in [0.2, 0.25) is 0 Å². The van der Waals surface area contributed by atoms with E-state index >= 15 is 0 Å². The molecule has 2 aromatic heterocycles. The molecule has 2 aromatic rings. The van der Waals surface area contributed by atoms with Crippen LogP contribution in [0.4, 0.5) is 10.1 Å². The average Bonchev–Trinajstić information content (AvgIpc) is 3.52. The molecule has 0 aliphatic heterocycles. The maximum Gasteiger partial charge on any atom is 0.293 e. The third kappa shape index (κ3) is 4.36. The number of aromatic nitrogens is 2. The van der Waals surface area contributed by atoms with E-state index in [1.54, 1.807) is 12.4 Å². The lowest BCUT2D eigenvalue weighted by Crippen LogP contribution is -2.32. The summed E-state index contributed by atoms with van der Waals surface area (Å²) >= 11 is 2.07. The molecule has 0 bridgehead atoms. The molecule has 2 atom stereocenters. The Morgan fingerprint density at radius 1 is 1.47 bits per heavy atom. The number of fused-ring (bicyclic) bond motifs is 1. The zero-order valence-corrected chi connectivity index (χ0v) is 18.2. The third-order valence-corrected chi connectivity index (χ3v) is 5.81. The van der Waals surface area contributed by atoms with Crippen LogP contribution in [0.25, 0.3) is 10.9 Å². The van der Waals surface area contributed by atoms with Crippen molar-refractivity contribution in [2.24, 2.45) is 0 Å². The van der Waals surface area contributed by atoms with E-state index in [1.165, 1.54) is 6.08 Å². The normalized spacial score (nSPS) is 19.9. The summed E-state index contributed by atoms with van der Waals surface area (Å²) in [6, 6.07) is 1.41. The third-order valence-electron chi connectivity index (χ3n) is 5.06. The number of pyridine rings is 1. The van der Waals surface area contributed by atoms with Crippen LogP contribution in [0.3, 0.4) is 0 Å². The summed E-state index contributed by atoms with van der Waals surface area (Å²) in [4.78, 5) is 22.3. The lowest BCUT2D eigenvalue weighted by molar-refractivity contribution is -0.0297. The summed E-state index contributed by atoms with van der Waals surface area (Å²) < 4.78 is 17.3. The second-order valence-electron chi connectivity index (χ2n) is 7.35. The number of hydrogen-bond acceptors (Lipinski definition) is 6. The van der Waals surface area contributed by atoms with Crippen LogP contribution in [-0.4, -0.2) is 51.0 Å². The molecule has 1 saturated carbocycles. The summed E-state index contributed by atoms with van der Waals surface area (Å²) in [6.07, 6.45) is 7.95. The van der Waals surface area contributed by atoms with Gasteiger partial charge in [0, 0.05) is 27.4 Å². The molecule has 2 unspecified atom stereocenters. The largest absolute Gasteiger partial charge is 0.394 e. The monoisotopic (exact) mass is 528 g/mol. The zero-order valence-electron chi connectivity index (χ0n) is 16.0. The number of hydroxylamine groups is 1. The standard InChI is InChI=1S/C20H22FIN4O4/c21-15-7-11(22)1-4-16(15)24-18-14-8-23-6-5-17(14)26(12-2-3-12)19(18)20(29)25-30-10-13(28)9-27/h1,5-8,12-13,16,24,27-28H,2-4,9-10H2,(H,25,29). The number of nitrogens with zero attached hydrogens (tertiary/aromatic N) is 2. The van der Waals surface area contributed by atoms with E-state index in [-0.39, 0.29) is 18.5 Å². The fourth-order valence-corrected chi connectivity index (χ4v) is 4.03. The van der Waals surface area contributed by atoms with Crippen LogP contribution in [0.2, 0.25) is 0 Å². The molecule has 2 aliphatic carbocycles. The number of rotatable bonds is 8. The summed E-state index contributed by atoms with van der Waals surface area (Å²) in [6.45, 7) is -0.726. The van der Waals surface area contributed by atoms with Crippen LogP contribution < -0.4 is 10.8 Å². The molecule has 4 rings (SSSR count). The van der Waals surface area contributed by atoms with Crippen molar-refractivity contribution in [3.8, 4) is 0 Å². The Bertz CT molecular complexity index is 1020. The number of anilines is 1. The van der Waals surface area contributed by atoms with Crippen molar-refractivity contribution in [3.63, 3.8) is 0 Å². The molecule has 1 fully saturated rings. The Kier molecular flexibility index (Phi) is 6.37. The first kappa shape index (κ1) is 21.2. The summed E-state index contributed by atoms with van der Waals surface area (Å²) in [5, 5.41) is 22.2. The number of carbonyl (C=O) groups excluding carboxylic acids is 1. The summed E-state index contributed by atoms with van der Waals surface area (Å²) in [5.41, 5.74) is 3.99. The molecule has 0 saturated heterocycles. The fraction of sp³-hybridized carbons (Fsp3) is 0.400. The zero-order chi connectivity index (χ0) is 21.3. The van der Waals surface area contributed by atoms with E-state index < -0.39 is 24.7 Å². The van der Waals surface area contributed by atoms with Crippen molar-refractivity contribution in [3.05, 3.63) is 45.7 Å². The maximum atomic E-state index is 14.6. The number of carbonyl (C=O) groups is 1. The van der Waals surface area contributed by atoms with Gasteiger partial charge in [0.25, 0.3) is 5.91 Å². The number of halogens is 2. The molecule has 8 nitrogen and oxygen atoms in total. The maximum absolute atomic E-state index is 14.6. The van der Waals surface area contributed by atoms with Gasteiger partial charge in [0.05, 0.1) is 23.9 Å². The van der Waals surface area contributed by atoms with Crippen molar-refractivity contribution in [1.82, 2.24) is 15.0 Å². The van der Waals surface area contributed by atoms with Crippen molar-refractivity contribution in [2.75, 3.05) is 18.5 Å². The minimum Gasteiger partial charge on any atom is -0.394 e. The Hall–Kier alpha value is -2.02. The first-order valence-electron chi connectivity index (χ1n) is 9.67. The van der Waals surface area contributed by atoms with E-state index in [1.807, 2.05) is 16.7 Å². The van der Waals surface area contributed by atoms with Gasteiger partial charge in [-0.15, -0.1) is 0 Å². The van der Waals surface area contributed by atoms with Gasteiger partial charge < -0.3 is 20.1 Å². The first-order chi connectivity index (χ1) is 14.5. The highest BCUT2D eigenvalue weighted by atomic mass is 127. The van der Waals surface area contributed by atoms with Crippen LogP contribution in [0, 0.1) is 0 Å². The molecule has 0 spiro atoms. The van der Waals surface area contributed by atoms with Crippen LogP contribution >= 0.6 is 22.6 Å². The van der Waals surface area contributed by atoms with E-state index in [4.69, 9.17) is 9.94 Å². The van der Waals surface area contributed by atoms with Gasteiger partial charge in [-0.05, 0) is 54.0 Å². The molecule has 2 heterocycles. The molecule has 160 valence electrons. The number of hydrogen-bond donors (Lipinski definition) is 4. The fourth-order valence-electron chi connectivity index (χ4n) is 3.48. The van der Waals surface area contributed by atoms with Crippen LogP contribution in [0.5, 0.6) is 0 Å². The second kappa shape index (κ2) is 9.00. The Morgan fingerprint density at radius 3 is 2.97 bits per heavy atom. The molecule has 4 N–H and O–H groups in total. The van der Waals surface area contributed by atoms with Gasteiger partial charge in [-0.3, -0.25) is 14.6 Å². The number of aliphatic hydroxyl groups excluding tert-OH is 2. The molecule has 1 amide bonds. The van der Waals surface area contributed by atoms with Gasteiger partial charge >= 0.3 is 0 Å². The molecular formula is C20H22FIN4O4. The van der Waals surface area contributed by atoms with Gasteiger partial charge in [-0.2, -0.15) is 0 Å². The highest BCUT2D eigenvalue weighted by molar-refractivity contribution is 14.1. The number of allylic oxidation sites excluding steroid dienone is 2. The second-order valence-corrected chi connectivity index (χ2v) is 8.59. The quantitative estimate of drug-likeness (QED) is 0.310. The summed E-state index contributed by atoms with van der Waals surface area (Å²) in [5.74, 6) is -0.817. The highest BCUT2D eigenvalue weighted by Crippen LogP contribution is 2.43. The van der Waals surface area contributed by atoms with Gasteiger partial charge in [0.15, 0.2) is 0 Å². The minimum atomic E-state index is -1.10. The van der Waals surface area contributed by atoms with E-state index in [9.17, 15) is 14.3 Å². The molecule has 30 heavy (non-hydrogen) atoms. The smallest absolute Gasteiger partial charge is 0.293 e. The predicted octanol–water partition coefficient (Wildman–Crippen LogP) is 2.74. The van der Waals surface area contributed by atoms with Crippen LogP contribution in [-0.2, 0) is 4.84 Å². The van der Waals surface area contributed by atoms with E-state index in [0.717, 1.165) is 27.3 Å². The molecular weight excluding hydrogens is 506 g/mol. The lowest BCUT2D eigenvalue weighted by Gasteiger charge is -2.21. The Morgan fingerprint density at radius 2 is 2.27 bits per heavy atom. The van der Waals surface area contributed by atoms with Crippen molar-refractivity contribution >= 4 is 45.1 Å². The van der Waals surface area contributed by atoms with Crippen molar-refractivity contribution < 1.29 is 24.2 Å². The predicted molar refractivity (Wildman–Crippen MR) is 118 cm³/mol. The Balaban J connectivity index is 1.70. The molecule has 0 radical (unpaired) electrons.